The van der Waals surface area contributed by atoms with Gasteiger partial charge in [0.25, 0.3) is 0 Å². The van der Waals surface area contributed by atoms with Gasteiger partial charge in [-0.15, -0.1) is 0 Å². The van der Waals surface area contributed by atoms with Crippen LogP contribution in [0.15, 0.2) is 0 Å². The Morgan fingerprint density at radius 3 is 2.00 bits per heavy atom. The molecule has 3 saturated heterocycles. The van der Waals surface area contributed by atoms with Gasteiger partial charge in [0.15, 0.2) is 0 Å². The molecular formula is C7H15NO2. The molecule has 3 fully saturated rings. The lowest BCUT2D eigenvalue weighted by atomic mass is 9.86. The molecule has 3 heterocycles. The van der Waals surface area contributed by atoms with Crippen molar-refractivity contribution < 1.29 is 10.6 Å². The Kier molecular flexibility index (Phi) is 2.28. The van der Waals surface area contributed by atoms with Gasteiger partial charge in [-0.2, -0.15) is 0 Å². The Morgan fingerprint density at radius 2 is 1.80 bits per heavy atom. The second-order valence-electron chi connectivity index (χ2n) is 3.21. The van der Waals surface area contributed by atoms with Crippen LogP contribution in [0.25, 0.3) is 0 Å². The maximum atomic E-state index is 9.36. The van der Waals surface area contributed by atoms with E-state index in [2.05, 4.69) is 4.90 Å². The molecule has 0 unspecified atom stereocenters. The van der Waals surface area contributed by atoms with E-state index in [1.54, 1.807) is 0 Å². The van der Waals surface area contributed by atoms with Crippen LogP contribution in [0.2, 0.25) is 0 Å². The molecule has 1 atom stereocenters. The van der Waals surface area contributed by atoms with Gasteiger partial charge < -0.3 is 15.5 Å². The normalized spacial score (nSPS) is 44.7. The summed E-state index contributed by atoms with van der Waals surface area (Å²) in [6.07, 6.45) is 2.44. The second kappa shape index (κ2) is 2.86. The molecule has 10 heavy (non-hydrogen) atoms. The topological polar surface area (TPSA) is 55.0 Å². The predicted molar refractivity (Wildman–Crippen MR) is 38.8 cm³/mol. The summed E-state index contributed by atoms with van der Waals surface area (Å²) in [4.78, 5) is 2.35. The molecular weight excluding hydrogens is 130 g/mol. The van der Waals surface area contributed by atoms with Crippen molar-refractivity contribution in [2.24, 2.45) is 5.92 Å². The molecule has 3 N–H and O–H groups in total. The summed E-state index contributed by atoms with van der Waals surface area (Å²) < 4.78 is 0. The van der Waals surface area contributed by atoms with Crippen molar-refractivity contribution in [3.8, 4) is 0 Å². The molecule has 0 aromatic carbocycles. The fraction of sp³-hybridized carbons (Fsp3) is 1.00. The van der Waals surface area contributed by atoms with E-state index >= 15 is 0 Å². The molecule has 60 valence electrons. The van der Waals surface area contributed by atoms with E-state index in [0.717, 1.165) is 6.54 Å². The summed E-state index contributed by atoms with van der Waals surface area (Å²) in [6, 6.07) is 0. The Hall–Kier alpha value is -0.120. The first-order chi connectivity index (χ1) is 4.36. The summed E-state index contributed by atoms with van der Waals surface area (Å²) >= 11 is 0. The third-order valence-corrected chi connectivity index (χ3v) is 2.62. The minimum absolute atomic E-state index is 0. The fourth-order valence-electron chi connectivity index (χ4n) is 1.93. The van der Waals surface area contributed by atoms with E-state index < -0.39 is 0 Å². The highest BCUT2D eigenvalue weighted by molar-refractivity contribution is 4.85. The van der Waals surface area contributed by atoms with Crippen molar-refractivity contribution in [1.29, 1.82) is 0 Å². The van der Waals surface area contributed by atoms with Gasteiger partial charge >= 0.3 is 0 Å². The Morgan fingerprint density at radius 1 is 1.20 bits per heavy atom. The molecule has 3 heteroatoms. The van der Waals surface area contributed by atoms with Gasteiger partial charge in [0, 0.05) is 6.54 Å². The molecule has 0 radical (unpaired) electrons. The number of rotatable bonds is 0. The van der Waals surface area contributed by atoms with Crippen LogP contribution in [0, 0.1) is 5.92 Å². The minimum atomic E-state index is -0.00694. The van der Waals surface area contributed by atoms with Crippen molar-refractivity contribution in [3.05, 3.63) is 0 Å². The van der Waals surface area contributed by atoms with Crippen molar-refractivity contribution >= 4 is 0 Å². The average molecular weight is 145 g/mol. The van der Waals surface area contributed by atoms with Crippen molar-refractivity contribution in [1.82, 2.24) is 4.90 Å². The highest BCUT2D eigenvalue weighted by atomic mass is 16.3. The van der Waals surface area contributed by atoms with Crippen molar-refractivity contribution in [3.63, 3.8) is 0 Å². The van der Waals surface area contributed by atoms with E-state index in [-0.39, 0.29) is 11.6 Å². The van der Waals surface area contributed by atoms with Gasteiger partial charge in [0.1, 0.15) is 0 Å². The summed E-state index contributed by atoms with van der Waals surface area (Å²) in [5.41, 5.74) is 0. The van der Waals surface area contributed by atoms with E-state index in [0.29, 0.717) is 5.92 Å². The first-order valence-electron chi connectivity index (χ1n) is 3.76. The molecule has 0 spiro atoms. The quantitative estimate of drug-likeness (QED) is 0.487. The van der Waals surface area contributed by atoms with Crippen LogP contribution in [0.5, 0.6) is 0 Å². The van der Waals surface area contributed by atoms with Crippen LogP contribution in [0.3, 0.4) is 0 Å². The average Bonchev–Trinajstić information content (AvgIpc) is 1.90. The maximum absolute atomic E-state index is 9.36. The van der Waals surface area contributed by atoms with Gasteiger partial charge in [0.2, 0.25) is 0 Å². The Bertz CT molecular complexity index is 110. The highest BCUT2D eigenvalue weighted by Gasteiger charge is 2.32. The molecule has 0 aromatic rings. The monoisotopic (exact) mass is 145 g/mol. The highest BCUT2D eigenvalue weighted by Crippen LogP contribution is 2.26. The SMILES string of the molecule is O.O[C@H]1CN2CCC1CC2. The zero-order chi connectivity index (χ0) is 6.27. The number of hydrogen-bond donors (Lipinski definition) is 1. The number of aliphatic hydroxyl groups is 1. The largest absolute Gasteiger partial charge is 0.412 e. The van der Waals surface area contributed by atoms with E-state index in [9.17, 15) is 5.11 Å². The second-order valence-corrected chi connectivity index (χ2v) is 3.21. The molecule has 0 aromatic heterocycles. The van der Waals surface area contributed by atoms with Crippen LogP contribution in [0.4, 0.5) is 0 Å². The zero-order valence-electron chi connectivity index (χ0n) is 6.08. The Labute approximate surface area is 61.0 Å². The van der Waals surface area contributed by atoms with Gasteiger partial charge in [-0.05, 0) is 31.8 Å². The molecule has 3 nitrogen and oxygen atoms in total. The summed E-state index contributed by atoms with van der Waals surface area (Å²) in [5.74, 6) is 0.634. The third-order valence-electron chi connectivity index (χ3n) is 2.62. The van der Waals surface area contributed by atoms with Gasteiger partial charge in [0.05, 0.1) is 6.10 Å². The maximum Gasteiger partial charge on any atom is 0.0696 e. The number of aliphatic hydroxyl groups excluding tert-OH is 1. The summed E-state index contributed by atoms with van der Waals surface area (Å²) in [7, 11) is 0. The van der Waals surface area contributed by atoms with Crippen LogP contribution < -0.4 is 0 Å². The number of nitrogens with zero attached hydrogens (tertiary/aromatic N) is 1. The number of fused-ring (bicyclic) bond motifs is 3. The van der Waals surface area contributed by atoms with Crippen LogP contribution in [-0.2, 0) is 0 Å². The van der Waals surface area contributed by atoms with E-state index in [4.69, 9.17) is 0 Å². The summed E-state index contributed by atoms with van der Waals surface area (Å²) in [5, 5.41) is 9.36. The number of hydrogen-bond acceptors (Lipinski definition) is 2. The standard InChI is InChI=1S/C7H13NO.H2O/c9-7-5-8-3-1-6(7)2-4-8;/h6-7,9H,1-5H2;1H2/t7-;/m0./s1. The Balaban J connectivity index is 0.000000500. The lowest BCUT2D eigenvalue weighted by molar-refractivity contribution is -0.0227. The zero-order valence-corrected chi connectivity index (χ0v) is 6.08. The van der Waals surface area contributed by atoms with Crippen LogP contribution >= 0.6 is 0 Å². The fourth-order valence-corrected chi connectivity index (χ4v) is 1.93. The van der Waals surface area contributed by atoms with E-state index in [1.807, 2.05) is 0 Å². The summed E-state index contributed by atoms with van der Waals surface area (Å²) in [6.45, 7) is 3.38. The van der Waals surface area contributed by atoms with E-state index in [1.165, 1.54) is 25.9 Å². The minimum Gasteiger partial charge on any atom is -0.412 e. The molecule has 0 saturated carbocycles. The molecule has 0 aliphatic carbocycles. The van der Waals surface area contributed by atoms with Crippen molar-refractivity contribution in [2.45, 2.75) is 18.9 Å². The molecule has 2 bridgehead atoms. The van der Waals surface area contributed by atoms with Crippen molar-refractivity contribution in [2.75, 3.05) is 19.6 Å². The smallest absolute Gasteiger partial charge is 0.0696 e. The predicted octanol–water partition coefficient (Wildman–Crippen LogP) is -0.752. The van der Waals surface area contributed by atoms with Crippen LogP contribution in [-0.4, -0.2) is 41.2 Å². The molecule has 0 amide bonds. The lowest BCUT2D eigenvalue weighted by Crippen LogP contribution is -2.50. The first-order valence-corrected chi connectivity index (χ1v) is 3.76. The van der Waals surface area contributed by atoms with Crippen LogP contribution in [0.1, 0.15) is 12.8 Å². The molecule has 3 rings (SSSR count). The lowest BCUT2D eigenvalue weighted by Gasteiger charge is -2.42. The third kappa shape index (κ3) is 1.17. The molecule has 3 aliphatic rings. The van der Waals surface area contributed by atoms with Gasteiger partial charge in [-0.3, -0.25) is 0 Å². The number of piperidine rings is 3. The van der Waals surface area contributed by atoms with Gasteiger partial charge in [-0.1, -0.05) is 0 Å². The molecule has 3 aliphatic heterocycles. The van der Waals surface area contributed by atoms with Gasteiger partial charge in [-0.25, -0.2) is 0 Å². The first kappa shape index (κ1) is 7.98.